The first-order chi connectivity index (χ1) is 10.7. The van der Waals surface area contributed by atoms with Crippen LogP contribution in [0.15, 0.2) is 24.3 Å². The lowest BCUT2D eigenvalue weighted by Crippen LogP contribution is -2.51. The summed E-state index contributed by atoms with van der Waals surface area (Å²) in [6.07, 6.45) is 6.36. The van der Waals surface area contributed by atoms with Gasteiger partial charge in [-0.3, -0.25) is 9.69 Å². The van der Waals surface area contributed by atoms with Gasteiger partial charge in [0.1, 0.15) is 0 Å². The van der Waals surface area contributed by atoms with Gasteiger partial charge in [-0.1, -0.05) is 37.1 Å². The number of halogens is 2. The Morgan fingerprint density at radius 1 is 1.04 bits per heavy atom. The first kappa shape index (κ1) is 21.2. The SMILES string of the molecule is Cl.Cl.NC1(C(=O)NCc2ccccc2CN2CCCC2)CCCC1. The number of carbonyl (C=O) groups is 1. The molecule has 3 N–H and O–H groups in total. The van der Waals surface area contributed by atoms with E-state index in [1.54, 1.807) is 0 Å². The van der Waals surface area contributed by atoms with Crippen molar-refractivity contribution in [2.75, 3.05) is 13.1 Å². The van der Waals surface area contributed by atoms with Gasteiger partial charge in [0.25, 0.3) is 0 Å². The lowest BCUT2D eigenvalue weighted by atomic mass is 9.98. The third-order valence-electron chi connectivity index (χ3n) is 5.10. The van der Waals surface area contributed by atoms with Gasteiger partial charge in [0.05, 0.1) is 5.54 Å². The number of likely N-dealkylation sites (tertiary alicyclic amines) is 1. The molecule has 4 nitrogen and oxygen atoms in total. The van der Waals surface area contributed by atoms with Crippen LogP contribution in [0.2, 0.25) is 0 Å². The summed E-state index contributed by atoms with van der Waals surface area (Å²) < 4.78 is 0. The summed E-state index contributed by atoms with van der Waals surface area (Å²) in [7, 11) is 0. The molecule has 136 valence electrons. The zero-order chi connectivity index (χ0) is 15.4. The standard InChI is InChI=1S/C18H27N3O.2ClH/c19-18(9-3-4-10-18)17(22)20-13-15-7-1-2-8-16(15)14-21-11-5-6-12-21;;/h1-2,7-8H,3-6,9-14,19H2,(H,20,22);2*1H. The largest absolute Gasteiger partial charge is 0.350 e. The molecule has 3 rings (SSSR count). The zero-order valence-corrected chi connectivity index (χ0v) is 15.8. The quantitative estimate of drug-likeness (QED) is 0.833. The Morgan fingerprint density at radius 3 is 2.25 bits per heavy atom. The summed E-state index contributed by atoms with van der Waals surface area (Å²) in [5, 5.41) is 3.06. The second kappa shape index (κ2) is 9.62. The van der Waals surface area contributed by atoms with Crippen LogP contribution in [0.3, 0.4) is 0 Å². The fourth-order valence-corrected chi connectivity index (χ4v) is 3.65. The molecule has 6 heteroatoms. The van der Waals surface area contributed by atoms with Crippen LogP contribution in [-0.2, 0) is 17.9 Å². The van der Waals surface area contributed by atoms with Gasteiger partial charge in [-0.05, 0) is 49.9 Å². The maximum atomic E-state index is 12.3. The van der Waals surface area contributed by atoms with E-state index in [0.717, 1.165) is 32.2 Å². The lowest BCUT2D eigenvalue weighted by Gasteiger charge is -2.23. The van der Waals surface area contributed by atoms with Crippen molar-refractivity contribution in [1.29, 1.82) is 0 Å². The maximum Gasteiger partial charge on any atom is 0.240 e. The summed E-state index contributed by atoms with van der Waals surface area (Å²) >= 11 is 0. The Morgan fingerprint density at radius 2 is 1.62 bits per heavy atom. The van der Waals surface area contributed by atoms with E-state index in [-0.39, 0.29) is 30.7 Å². The zero-order valence-electron chi connectivity index (χ0n) is 14.1. The van der Waals surface area contributed by atoms with Gasteiger partial charge in [-0.2, -0.15) is 0 Å². The molecule has 24 heavy (non-hydrogen) atoms. The average Bonchev–Trinajstić information content (AvgIpc) is 3.18. The van der Waals surface area contributed by atoms with E-state index < -0.39 is 5.54 Å². The molecule has 0 bridgehead atoms. The minimum absolute atomic E-state index is 0. The molecule has 0 unspecified atom stereocenters. The van der Waals surface area contributed by atoms with Gasteiger partial charge in [0.15, 0.2) is 0 Å². The molecule has 0 aromatic heterocycles. The smallest absolute Gasteiger partial charge is 0.240 e. The normalized spacial score (nSPS) is 19.4. The number of carbonyl (C=O) groups excluding carboxylic acids is 1. The van der Waals surface area contributed by atoms with E-state index >= 15 is 0 Å². The first-order valence-corrected chi connectivity index (χ1v) is 8.54. The van der Waals surface area contributed by atoms with Gasteiger partial charge in [0, 0.05) is 13.1 Å². The molecule has 1 aromatic carbocycles. The highest BCUT2D eigenvalue weighted by molar-refractivity contribution is 5.86. The average molecular weight is 374 g/mol. The Kier molecular flexibility index (Phi) is 8.51. The second-order valence-corrected chi connectivity index (χ2v) is 6.80. The summed E-state index contributed by atoms with van der Waals surface area (Å²) in [6.45, 7) is 3.95. The van der Waals surface area contributed by atoms with Crippen LogP contribution in [0.1, 0.15) is 49.7 Å². The Labute approximate surface area is 157 Å². The monoisotopic (exact) mass is 373 g/mol. The Hall–Kier alpha value is -0.810. The molecule has 1 saturated heterocycles. The molecule has 0 atom stereocenters. The molecule has 1 aliphatic heterocycles. The molecule has 0 radical (unpaired) electrons. The van der Waals surface area contributed by atoms with Gasteiger partial charge >= 0.3 is 0 Å². The van der Waals surface area contributed by atoms with Gasteiger partial charge in [0.2, 0.25) is 5.91 Å². The first-order valence-electron chi connectivity index (χ1n) is 8.54. The number of nitrogens with two attached hydrogens (primary N) is 1. The van der Waals surface area contributed by atoms with Gasteiger partial charge < -0.3 is 11.1 Å². The molecule has 2 aliphatic rings. The molecule has 1 aromatic rings. The number of hydrogen-bond donors (Lipinski definition) is 2. The molecule has 2 fully saturated rings. The van der Waals surface area contributed by atoms with E-state index in [1.165, 1.54) is 37.1 Å². The van der Waals surface area contributed by atoms with Crippen molar-refractivity contribution in [2.24, 2.45) is 5.73 Å². The van der Waals surface area contributed by atoms with Crippen molar-refractivity contribution >= 4 is 30.7 Å². The van der Waals surface area contributed by atoms with Crippen LogP contribution < -0.4 is 11.1 Å². The minimum Gasteiger partial charge on any atom is -0.350 e. The summed E-state index contributed by atoms with van der Waals surface area (Å²) in [5.41, 5.74) is 8.12. The fraction of sp³-hybridized carbons (Fsp3) is 0.611. The molecule has 1 heterocycles. The molecular weight excluding hydrogens is 345 g/mol. The minimum atomic E-state index is -0.635. The molecule has 0 spiro atoms. The van der Waals surface area contributed by atoms with Crippen molar-refractivity contribution in [3.8, 4) is 0 Å². The van der Waals surface area contributed by atoms with Crippen LogP contribution in [0.4, 0.5) is 0 Å². The molecular formula is C18H29Cl2N3O. The Balaban J connectivity index is 0.00000144. The van der Waals surface area contributed by atoms with Crippen LogP contribution >= 0.6 is 24.8 Å². The van der Waals surface area contributed by atoms with Crippen molar-refractivity contribution < 1.29 is 4.79 Å². The number of nitrogens with zero attached hydrogens (tertiary/aromatic N) is 1. The Bertz CT molecular complexity index is 527. The number of rotatable bonds is 5. The molecule has 1 amide bonds. The fourth-order valence-electron chi connectivity index (χ4n) is 3.65. The van der Waals surface area contributed by atoms with E-state index in [2.05, 4.69) is 28.4 Å². The molecule has 1 aliphatic carbocycles. The predicted molar refractivity (Wildman–Crippen MR) is 103 cm³/mol. The summed E-state index contributed by atoms with van der Waals surface area (Å²) in [5.74, 6) is 0.0148. The van der Waals surface area contributed by atoms with E-state index in [0.29, 0.717) is 6.54 Å². The third kappa shape index (κ3) is 5.09. The predicted octanol–water partition coefficient (Wildman–Crippen LogP) is 3.01. The van der Waals surface area contributed by atoms with Crippen LogP contribution in [0.5, 0.6) is 0 Å². The lowest BCUT2D eigenvalue weighted by molar-refractivity contribution is -0.126. The van der Waals surface area contributed by atoms with Gasteiger partial charge in [-0.25, -0.2) is 0 Å². The van der Waals surface area contributed by atoms with Crippen molar-refractivity contribution in [3.63, 3.8) is 0 Å². The van der Waals surface area contributed by atoms with E-state index in [1.807, 2.05) is 6.07 Å². The topological polar surface area (TPSA) is 58.4 Å². The van der Waals surface area contributed by atoms with Crippen molar-refractivity contribution in [1.82, 2.24) is 10.2 Å². The maximum absolute atomic E-state index is 12.3. The summed E-state index contributed by atoms with van der Waals surface area (Å²) in [4.78, 5) is 14.8. The summed E-state index contributed by atoms with van der Waals surface area (Å²) in [6, 6.07) is 8.41. The van der Waals surface area contributed by atoms with Crippen molar-refractivity contribution in [2.45, 2.75) is 57.2 Å². The number of nitrogens with one attached hydrogen (secondary N) is 1. The highest BCUT2D eigenvalue weighted by atomic mass is 35.5. The second-order valence-electron chi connectivity index (χ2n) is 6.80. The van der Waals surface area contributed by atoms with Gasteiger partial charge in [-0.15, -0.1) is 24.8 Å². The van der Waals surface area contributed by atoms with Crippen LogP contribution in [0, 0.1) is 0 Å². The number of amides is 1. The number of benzene rings is 1. The van der Waals surface area contributed by atoms with E-state index in [4.69, 9.17) is 5.73 Å². The third-order valence-corrected chi connectivity index (χ3v) is 5.10. The highest BCUT2D eigenvalue weighted by Crippen LogP contribution is 2.27. The van der Waals surface area contributed by atoms with Crippen molar-refractivity contribution in [3.05, 3.63) is 35.4 Å². The van der Waals surface area contributed by atoms with E-state index in [9.17, 15) is 4.79 Å². The molecule has 1 saturated carbocycles. The van der Waals surface area contributed by atoms with Crippen LogP contribution in [0.25, 0.3) is 0 Å². The highest BCUT2D eigenvalue weighted by Gasteiger charge is 2.36. The number of hydrogen-bond acceptors (Lipinski definition) is 3. The van der Waals surface area contributed by atoms with Crippen LogP contribution in [-0.4, -0.2) is 29.4 Å².